The van der Waals surface area contributed by atoms with Gasteiger partial charge in [-0.3, -0.25) is 0 Å². The van der Waals surface area contributed by atoms with E-state index in [4.69, 9.17) is 4.98 Å². The minimum Gasteiger partial charge on any atom is -0.230 e. The summed E-state index contributed by atoms with van der Waals surface area (Å²) in [6.45, 7) is 11.2. The van der Waals surface area contributed by atoms with Crippen LogP contribution in [0.15, 0.2) is 54.6 Å². The van der Waals surface area contributed by atoms with Gasteiger partial charge in [0.1, 0.15) is 5.69 Å². The lowest BCUT2D eigenvalue weighted by Gasteiger charge is -2.18. The van der Waals surface area contributed by atoms with Crippen molar-refractivity contribution < 1.29 is 4.57 Å². The quantitative estimate of drug-likeness (QED) is 0.546. The molecule has 0 saturated carbocycles. The van der Waals surface area contributed by atoms with Gasteiger partial charge in [0.15, 0.2) is 5.69 Å². The van der Waals surface area contributed by atoms with Gasteiger partial charge in [0, 0.05) is 11.6 Å². The van der Waals surface area contributed by atoms with Gasteiger partial charge in [-0.1, -0.05) is 64.1 Å². The van der Waals surface area contributed by atoms with Crippen LogP contribution in [0.2, 0.25) is 0 Å². The van der Waals surface area contributed by atoms with E-state index in [9.17, 15) is 0 Å². The smallest absolute Gasteiger partial charge is 0.230 e. The molecule has 26 heavy (non-hydrogen) atoms. The van der Waals surface area contributed by atoms with Crippen molar-refractivity contribution in [1.82, 2.24) is 4.98 Å². The Balaban J connectivity index is 2.31. The lowest BCUT2D eigenvalue weighted by atomic mass is 9.87. The largest absolute Gasteiger partial charge is 0.330 e. The molecule has 2 nitrogen and oxygen atoms in total. The van der Waals surface area contributed by atoms with E-state index in [1.54, 1.807) is 0 Å². The van der Waals surface area contributed by atoms with Crippen molar-refractivity contribution in [2.75, 3.05) is 0 Å². The molecule has 1 heterocycles. The molecule has 3 rings (SSSR count). The fraction of sp³-hybridized carbons (Fsp3) is 0.333. The van der Waals surface area contributed by atoms with Gasteiger partial charge in [-0.25, -0.2) is 4.57 Å². The van der Waals surface area contributed by atoms with Gasteiger partial charge in [-0.05, 0) is 47.0 Å². The van der Waals surface area contributed by atoms with Gasteiger partial charge in [0.05, 0.1) is 12.6 Å². The molecule has 0 amide bonds. The van der Waals surface area contributed by atoms with Crippen molar-refractivity contribution in [3.63, 3.8) is 0 Å². The number of hydrogen-bond acceptors (Lipinski definition) is 1. The summed E-state index contributed by atoms with van der Waals surface area (Å²) in [6, 6.07) is 19.3. The van der Waals surface area contributed by atoms with Gasteiger partial charge >= 0.3 is 5.82 Å². The van der Waals surface area contributed by atoms with E-state index in [0.717, 1.165) is 17.1 Å². The Kier molecular flexibility index (Phi) is 5.22. The summed E-state index contributed by atoms with van der Waals surface area (Å²) in [7, 11) is 2.09. The average Bonchev–Trinajstić information content (AvgIpc) is 2.63. The number of aryl methyl sites for hydroxylation is 1. The molecule has 3 aromatic rings. The van der Waals surface area contributed by atoms with E-state index in [0.29, 0.717) is 11.8 Å². The van der Waals surface area contributed by atoms with E-state index in [1.165, 1.54) is 22.4 Å². The highest BCUT2D eigenvalue weighted by atomic mass is 15.0. The first-order valence-corrected chi connectivity index (χ1v) is 9.46. The van der Waals surface area contributed by atoms with E-state index in [2.05, 4.69) is 94.8 Å². The molecular weight excluding hydrogens is 316 g/mol. The van der Waals surface area contributed by atoms with Crippen LogP contribution in [0.1, 0.15) is 56.4 Å². The van der Waals surface area contributed by atoms with Gasteiger partial charge in [0.2, 0.25) is 0 Å². The van der Waals surface area contributed by atoms with Crippen molar-refractivity contribution in [2.45, 2.75) is 46.5 Å². The van der Waals surface area contributed by atoms with Gasteiger partial charge in [-0.2, -0.15) is 0 Å². The molecule has 134 valence electrons. The second kappa shape index (κ2) is 7.41. The zero-order valence-corrected chi connectivity index (χ0v) is 16.7. The molecule has 0 atom stereocenters. The summed E-state index contributed by atoms with van der Waals surface area (Å²) >= 11 is 0. The summed E-state index contributed by atoms with van der Waals surface area (Å²) in [6.07, 6.45) is 0. The third-order valence-corrected chi connectivity index (χ3v) is 5.08. The monoisotopic (exact) mass is 345 g/mol. The van der Waals surface area contributed by atoms with Gasteiger partial charge < -0.3 is 0 Å². The Morgan fingerprint density at radius 2 is 1.38 bits per heavy atom. The fourth-order valence-electron chi connectivity index (χ4n) is 3.50. The third-order valence-electron chi connectivity index (χ3n) is 5.08. The number of rotatable bonds is 4. The lowest BCUT2D eigenvalue weighted by Crippen LogP contribution is -2.36. The number of hydrogen-bond donors (Lipinski definition) is 0. The second-order valence-electron chi connectivity index (χ2n) is 7.65. The minimum absolute atomic E-state index is 0.458. The molecule has 1 aromatic heterocycles. The first-order valence-electron chi connectivity index (χ1n) is 9.46. The Labute approximate surface area is 157 Å². The summed E-state index contributed by atoms with van der Waals surface area (Å²) < 4.78 is 2.17. The molecule has 0 saturated heterocycles. The molecule has 0 unspecified atom stereocenters. The predicted octanol–water partition coefficient (Wildman–Crippen LogP) is 5.80. The standard InChI is InChI=1S/C24H29N2/c1-16(2)20-13-10-14-21(17(3)4)23(20)22-15-18(5)26(6)24(25-22)19-11-8-7-9-12-19/h7-17H,1-6H3/q+1. The van der Waals surface area contributed by atoms with Gasteiger partial charge in [-0.15, -0.1) is 0 Å². The maximum absolute atomic E-state index is 5.12. The Morgan fingerprint density at radius 1 is 0.808 bits per heavy atom. The molecule has 0 aliphatic carbocycles. The summed E-state index contributed by atoms with van der Waals surface area (Å²) in [5.41, 5.74) is 7.48. The third kappa shape index (κ3) is 3.41. The molecule has 0 bridgehead atoms. The molecule has 0 N–H and O–H groups in total. The number of benzene rings is 2. The molecule has 2 heteroatoms. The molecule has 0 aliphatic rings. The van der Waals surface area contributed by atoms with E-state index in [-0.39, 0.29) is 0 Å². The highest BCUT2D eigenvalue weighted by Crippen LogP contribution is 2.35. The molecule has 0 spiro atoms. The van der Waals surface area contributed by atoms with Crippen LogP contribution in [0, 0.1) is 6.92 Å². The van der Waals surface area contributed by atoms with Gasteiger partial charge in [0.25, 0.3) is 0 Å². The SMILES string of the molecule is Cc1cc(-c2c(C(C)C)cccc2C(C)C)nc(-c2ccccc2)[n+]1C. The van der Waals surface area contributed by atoms with E-state index < -0.39 is 0 Å². The van der Waals surface area contributed by atoms with Crippen molar-refractivity contribution in [3.05, 3.63) is 71.4 Å². The Hall–Kier alpha value is -2.48. The topological polar surface area (TPSA) is 16.8 Å². The van der Waals surface area contributed by atoms with Crippen LogP contribution in [0.5, 0.6) is 0 Å². The van der Waals surface area contributed by atoms with Crippen LogP contribution < -0.4 is 4.57 Å². The van der Waals surface area contributed by atoms with Crippen molar-refractivity contribution in [3.8, 4) is 22.6 Å². The first-order chi connectivity index (χ1) is 12.4. The summed E-state index contributed by atoms with van der Waals surface area (Å²) in [4.78, 5) is 5.12. The van der Waals surface area contributed by atoms with Crippen LogP contribution in [0.25, 0.3) is 22.6 Å². The maximum Gasteiger partial charge on any atom is 0.330 e. The van der Waals surface area contributed by atoms with Crippen LogP contribution in [0.3, 0.4) is 0 Å². The zero-order chi connectivity index (χ0) is 18.8. The summed E-state index contributed by atoms with van der Waals surface area (Å²) in [5, 5.41) is 0. The Morgan fingerprint density at radius 3 is 1.92 bits per heavy atom. The molecular formula is C24H29N2+. The second-order valence-corrected chi connectivity index (χ2v) is 7.65. The predicted molar refractivity (Wildman–Crippen MR) is 109 cm³/mol. The first kappa shape index (κ1) is 18.3. The lowest BCUT2D eigenvalue weighted by molar-refractivity contribution is -0.669. The zero-order valence-electron chi connectivity index (χ0n) is 16.7. The van der Waals surface area contributed by atoms with Crippen LogP contribution >= 0.6 is 0 Å². The fourth-order valence-corrected chi connectivity index (χ4v) is 3.50. The normalized spacial score (nSPS) is 11.4. The highest BCUT2D eigenvalue weighted by Gasteiger charge is 2.24. The molecule has 0 fully saturated rings. The maximum atomic E-state index is 5.12. The summed E-state index contributed by atoms with van der Waals surface area (Å²) in [5.74, 6) is 1.92. The Bertz CT molecular complexity index is 883. The number of nitrogens with zero attached hydrogens (tertiary/aromatic N) is 2. The minimum atomic E-state index is 0.458. The highest BCUT2D eigenvalue weighted by molar-refractivity contribution is 5.71. The van der Waals surface area contributed by atoms with Crippen LogP contribution in [0.4, 0.5) is 0 Å². The number of aromatic nitrogens is 2. The average molecular weight is 346 g/mol. The van der Waals surface area contributed by atoms with Crippen LogP contribution in [-0.2, 0) is 7.05 Å². The van der Waals surface area contributed by atoms with Crippen molar-refractivity contribution in [2.24, 2.45) is 7.05 Å². The van der Waals surface area contributed by atoms with Crippen LogP contribution in [-0.4, -0.2) is 4.98 Å². The van der Waals surface area contributed by atoms with Crippen molar-refractivity contribution in [1.29, 1.82) is 0 Å². The molecule has 2 aromatic carbocycles. The molecule has 0 radical (unpaired) electrons. The molecule has 0 aliphatic heterocycles. The van der Waals surface area contributed by atoms with E-state index >= 15 is 0 Å². The van der Waals surface area contributed by atoms with E-state index in [1.807, 2.05) is 6.07 Å². The van der Waals surface area contributed by atoms with Crippen molar-refractivity contribution >= 4 is 0 Å².